The summed E-state index contributed by atoms with van der Waals surface area (Å²) in [6, 6.07) is 8.56. The van der Waals surface area contributed by atoms with E-state index in [2.05, 4.69) is 50.4 Å². The van der Waals surface area contributed by atoms with Gasteiger partial charge in [-0.2, -0.15) is 0 Å². The van der Waals surface area contributed by atoms with Gasteiger partial charge in [-0.15, -0.1) is 0 Å². The number of ketones is 2. The number of carbonyl (C=O) groups is 3. The second-order valence-corrected chi connectivity index (χ2v) is 8.53. The fourth-order valence-corrected chi connectivity index (χ4v) is 3.17. The average Bonchev–Trinajstić information content (AvgIpc) is 2.55. The van der Waals surface area contributed by atoms with Gasteiger partial charge in [-0.1, -0.05) is 25.0 Å². The Morgan fingerprint density at radius 3 is 2.41 bits per heavy atom. The molecule has 0 aliphatic carbocycles. The van der Waals surface area contributed by atoms with Crippen molar-refractivity contribution in [3.63, 3.8) is 0 Å². The summed E-state index contributed by atoms with van der Waals surface area (Å²) in [7, 11) is 0. The number of aldehydes is 1. The molecule has 1 aromatic carbocycles. The Morgan fingerprint density at radius 2 is 1.78 bits per heavy atom. The zero-order valence-electron chi connectivity index (χ0n) is 17.3. The van der Waals surface area contributed by atoms with Crippen LogP contribution >= 0.6 is 0 Å². The van der Waals surface area contributed by atoms with Gasteiger partial charge in [0, 0.05) is 36.4 Å². The van der Waals surface area contributed by atoms with E-state index in [-0.39, 0.29) is 29.9 Å². The lowest BCUT2D eigenvalue weighted by Crippen LogP contribution is -2.25. The number of hydrogen-bond acceptors (Lipinski definition) is 4. The standard InChI is InChI=1S/C23H35NO3/c1-18(26)14-20(17-25)16-22(27)13-8-6-5-7-10-19-11-9-12-21(15-19)24-23(2,3)4/h9,11-12,15,17,20,24H,5-8,10,13-14,16H2,1-4H3. The van der Waals surface area contributed by atoms with Crippen LogP contribution in [0.2, 0.25) is 0 Å². The molecule has 0 aromatic heterocycles. The quantitative estimate of drug-likeness (QED) is 0.384. The van der Waals surface area contributed by atoms with Gasteiger partial charge in [0.05, 0.1) is 0 Å². The largest absolute Gasteiger partial charge is 0.380 e. The molecule has 0 fully saturated rings. The van der Waals surface area contributed by atoms with Crippen molar-refractivity contribution in [1.82, 2.24) is 0 Å². The monoisotopic (exact) mass is 373 g/mol. The minimum absolute atomic E-state index is 0.0401. The highest BCUT2D eigenvalue weighted by Gasteiger charge is 2.14. The molecule has 1 atom stereocenters. The Balaban J connectivity index is 2.22. The van der Waals surface area contributed by atoms with Crippen LogP contribution in [-0.2, 0) is 20.8 Å². The molecule has 0 aliphatic rings. The van der Waals surface area contributed by atoms with Gasteiger partial charge in [-0.3, -0.25) is 4.79 Å². The van der Waals surface area contributed by atoms with Gasteiger partial charge < -0.3 is 14.9 Å². The summed E-state index contributed by atoms with van der Waals surface area (Å²) in [5.41, 5.74) is 2.54. The van der Waals surface area contributed by atoms with Gasteiger partial charge >= 0.3 is 0 Å². The first-order chi connectivity index (χ1) is 12.7. The molecule has 0 heterocycles. The van der Waals surface area contributed by atoms with E-state index in [0.717, 1.165) is 44.1 Å². The molecule has 0 saturated carbocycles. The highest BCUT2D eigenvalue weighted by molar-refractivity contribution is 5.84. The summed E-state index contributed by atoms with van der Waals surface area (Å²) < 4.78 is 0. The number of benzene rings is 1. The third-order valence-corrected chi connectivity index (χ3v) is 4.35. The van der Waals surface area contributed by atoms with Crippen LogP contribution in [0.4, 0.5) is 5.69 Å². The summed E-state index contributed by atoms with van der Waals surface area (Å²) in [4.78, 5) is 33.9. The summed E-state index contributed by atoms with van der Waals surface area (Å²) in [5, 5.41) is 3.49. The third-order valence-electron chi connectivity index (χ3n) is 4.35. The van der Waals surface area contributed by atoms with Crippen molar-refractivity contribution in [2.24, 2.45) is 5.92 Å². The minimum Gasteiger partial charge on any atom is -0.380 e. The number of rotatable bonds is 13. The molecule has 1 N–H and O–H groups in total. The topological polar surface area (TPSA) is 63.2 Å². The van der Waals surface area contributed by atoms with E-state index < -0.39 is 5.92 Å². The van der Waals surface area contributed by atoms with Gasteiger partial charge in [0.2, 0.25) is 0 Å². The van der Waals surface area contributed by atoms with Gasteiger partial charge in [0.25, 0.3) is 0 Å². The average molecular weight is 374 g/mol. The Hall–Kier alpha value is -1.97. The number of aryl methyl sites for hydroxylation is 1. The Labute approximate surface area is 164 Å². The highest BCUT2D eigenvalue weighted by Crippen LogP contribution is 2.18. The molecule has 0 bridgehead atoms. The van der Waals surface area contributed by atoms with Crippen LogP contribution in [0.5, 0.6) is 0 Å². The van der Waals surface area contributed by atoms with E-state index in [0.29, 0.717) is 6.42 Å². The van der Waals surface area contributed by atoms with E-state index in [1.54, 1.807) is 0 Å². The van der Waals surface area contributed by atoms with E-state index in [1.165, 1.54) is 12.5 Å². The van der Waals surface area contributed by atoms with Crippen molar-refractivity contribution in [3.05, 3.63) is 29.8 Å². The highest BCUT2D eigenvalue weighted by atomic mass is 16.1. The van der Waals surface area contributed by atoms with E-state index in [9.17, 15) is 14.4 Å². The Bertz CT molecular complexity index is 616. The van der Waals surface area contributed by atoms with Gasteiger partial charge in [-0.05, 0) is 64.7 Å². The molecule has 0 spiro atoms. The number of carbonyl (C=O) groups excluding carboxylic acids is 3. The van der Waals surface area contributed by atoms with Crippen LogP contribution in [0.15, 0.2) is 24.3 Å². The number of unbranched alkanes of at least 4 members (excludes halogenated alkanes) is 3. The maximum atomic E-state index is 11.9. The number of nitrogens with one attached hydrogen (secondary N) is 1. The molecule has 4 nitrogen and oxygen atoms in total. The first-order valence-electron chi connectivity index (χ1n) is 10.0. The molecule has 1 rings (SSSR count). The van der Waals surface area contributed by atoms with Crippen LogP contribution in [0, 0.1) is 5.92 Å². The predicted molar refractivity (Wildman–Crippen MR) is 111 cm³/mol. The van der Waals surface area contributed by atoms with Crippen LogP contribution < -0.4 is 5.32 Å². The molecule has 27 heavy (non-hydrogen) atoms. The number of Topliss-reactive ketones (excluding diaryl/α,β-unsaturated/α-hetero) is 2. The van der Waals surface area contributed by atoms with E-state index in [1.807, 2.05) is 0 Å². The van der Waals surface area contributed by atoms with Crippen LogP contribution in [0.1, 0.15) is 78.2 Å². The molecule has 4 heteroatoms. The maximum Gasteiger partial charge on any atom is 0.133 e. The van der Waals surface area contributed by atoms with Crippen molar-refractivity contribution >= 4 is 23.5 Å². The summed E-state index contributed by atoms with van der Waals surface area (Å²) >= 11 is 0. The third kappa shape index (κ3) is 11.4. The lowest BCUT2D eigenvalue weighted by molar-refractivity contribution is -0.125. The van der Waals surface area contributed by atoms with Crippen LogP contribution in [0.3, 0.4) is 0 Å². The van der Waals surface area contributed by atoms with Crippen molar-refractivity contribution in [2.75, 3.05) is 5.32 Å². The minimum atomic E-state index is -0.441. The summed E-state index contributed by atoms with van der Waals surface area (Å²) in [6.45, 7) is 7.91. The number of hydrogen-bond donors (Lipinski definition) is 1. The molecule has 1 aromatic rings. The zero-order valence-corrected chi connectivity index (χ0v) is 17.3. The molecular weight excluding hydrogens is 338 g/mol. The fourth-order valence-electron chi connectivity index (χ4n) is 3.17. The lowest BCUT2D eigenvalue weighted by atomic mass is 9.96. The predicted octanol–water partition coefficient (Wildman–Crippen LogP) is 5.14. The second-order valence-electron chi connectivity index (χ2n) is 8.53. The molecular formula is C23H35NO3. The maximum absolute atomic E-state index is 11.9. The van der Waals surface area contributed by atoms with Crippen LogP contribution in [0.25, 0.3) is 0 Å². The van der Waals surface area contributed by atoms with Crippen molar-refractivity contribution in [2.45, 2.75) is 84.6 Å². The Morgan fingerprint density at radius 1 is 1.07 bits per heavy atom. The molecule has 1 unspecified atom stereocenters. The van der Waals surface area contributed by atoms with Crippen molar-refractivity contribution in [1.29, 1.82) is 0 Å². The van der Waals surface area contributed by atoms with Gasteiger partial charge in [0.1, 0.15) is 17.9 Å². The molecule has 0 amide bonds. The molecule has 150 valence electrons. The smallest absolute Gasteiger partial charge is 0.133 e. The van der Waals surface area contributed by atoms with E-state index in [4.69, 9.17) is 0 Å². The SMILES string of the molecule is CC(=O)CC(C=O)CC(=O)CCCCCCc1cccc(NC(C)(C)C)c1. The summed E-state index contributed by atoms with van der Waals surface area (Å²) in [5.74, 6) is -0.389. The Kier molecular flexibility index (Phi) is 9.98. The van der Waals surface area contributed by atoms with Crippen molar-refractivity contribution in [3.8, 4) is 0 Å². The molecule has 0 aliphatic heterocycles. The zero-order chi connectivity index (χ0) is 20.3. The first kappa shape index (κ1) is 23.1. The van der Waals surface area contributed by atoms with Crippen molar-refractivity contribution < 1.29 is 14.4 Å². The first-order valence-corrected chi connectivity index (χ1v) is 10.0. The molecule has 0 radical (unpaired) electrons. The van der Waals surface area contributed by atoms with Crippen LogP contribution in [-0.4, -0.2) is 23.4 Å². The second kappa shape index (κ2) is 11.7. The lowest BCUT2D eigenvalue weighted by Gasteiger charge is -2.22. The normalized spacial score (nSPS) is 12.4. The van der Waals surface area contributed by atoms with Gasteiger partial charge in [-0.25, -0.2) is 0 Å². The molecule has 0 saturated heterocycles. The van der Waals surface area contributed by atoms with Gasteiger partial charge in [0.15, 0.2) is 0 Å². The van der Waals surface area contributed by atoms with E-state index >= 15 is 0 Å². The summed E-state index contributed by atoms with van der Waals surface area (Å²) in [6.07, 6.45) is 6.74. The fraction of sp³-hybridized carbons (Fsp3) is 0.609. The number of anilines is 1.